The van der Waals surface area contributed by atoms with E-state index in [-0.39, 0.29) is 0 Å². The molecule has 0 aliphatic carbocycles. The lowest BCUT2D eigenvalue weighted by Gasteiger charge is -2.11. The fourth-order valence-corrected chi connectivity index (χ4v) is 2.42. The number of hydrogen-bond donors (Lipinski definition) is 1. The lowest BCUT2D eigenvalue weighted by Crippen LogP contribution is -2.18. The molecule has 15 heavy (non-hydrogen) atoms. The van der Waals surface area contributed by atoms with Crippen LogP contribution in [0.4, 0.5) is 0 Å². The number of halogens is 1. The molecule has 82 valence electrons. The number of hydrogen-bond acceptors (Lipinski definition) is 2. The summed E-state index contributed by atoms with van der Waals surface area (Å²) in [6.07, 6.45) is 8.29. The van der Waals surface area contributed by atoms with E-state index in [1.165, 1.54) is 4.88 Å². The van der Waals surface area contributed by atoms with Crippen LogP contribution in [0, 0.1) is 12.3 Å². The van der Waals surface area contributed by atoms with Gasteiger partial charge in [-0.05, 0) is 38.4 Å². The molecule has 1 heterocycles. The van der Waals surface area contributed by atoms with E-state index in [0.717, 1.165) is 30.1 Å². The third-order valence-electron chi connectivity index (χ3n) is 2.22. The SMILES string of the molecule is C#CCCCCNC(C)c1ccc(Cl)s1. The molecule has 0 saturated heterocycles. The van der Waals surface area contributed by atoms with Gasteiger partial charge >= 0.3 is 0 Å². The van der Waals surface area contributed by atoms with Crippen LogP contribution < -0.4 is 5.32 Å². The van der Waals surface area contributed by atoms with Crippen LogP contribution in [0.5, 0.6) is 0 Å². The van der Waals surface area contributed by atoms with Gasteiger partial charge in [0.1, 0.15) is 0 Å². The minimum absolute atomic E-state index is 0.383. The Morgan fingerprint density at radius 2 is 2.33 bits per heavy atom. The van der Waals surface area contributed by atoms with Crippen molar-refractivity contribution < 1.29 is 0 Å². The Kier molecular flexibility index (Phi) is 5.78. The van der Waals surface area contributed by atoms with Crippen LogP contribution in [0.25, 0.3) is 0 Å². The van der Waals surface area contributed by atoms with Gasteiger partial charge in [-0.2, -0.15) is 0 Å². The maximum Gasteiger partial charge on any atom is 0.0931 e. The summed E-state index contributed by atoms with van der Waals surface area (Å²) >= 11 is 7.51. The van der Waals surface area contributed by atoms with Crippen molar-refractivity contribution in [3.63, 3.8) is 0 Å². The van der Waals surface area contributed by atoms with Crippen molar-refractivity contribution in [2.75, 3.05) is 6.54 Å². The zero-order valence-corrected chi connectivity index (χ0v) is 10.5. The lowest BCUT2D eigenvalue weighted by atomic mass is 10.2. The molecule has 3 heteroatoms. The van der Waals surface area contributed by atoms with Gasteiger partial charge in [-0.25, -0.2) is 0 Å². The van der Waals surface area contributed by atoms with Crippen molar-refractivity contribution in [3.8, 4) is 12.3 Å². The summed E-state index contributed by atoms with van der Waals surface area (Å²) in [6.45, 7) is 3.17. The zero-order valence-electron chi connectivity index (χ0n) is 8.92. The highest BCUT2D eigenvalue weighted by Crippen LogP contribution is 2.26. The van der Waals surface area contributed by atoms with E-state index in [1.807, 2.05) is 6.07 Å². The average molecular weight is 242 g/mol. The van der Waals surface area contributed by atoms with Crippen LogP contribution >= 0.6 is 22.9 Å². The summed E-state index contributed by atoms with van der Waals surface area (Å²) in [4.78, 5) is 1.29. The topological polar surface area (TPSA) is 12.0 Å². The van der Waals surface area contributed by atoms with Gasteiger partial charge in [0.25, 0.3) is 0 Å². The minimum Gasteiger partial charge on any atom is -0.309 e. The molecule has 1 aromatic rings. The number of rotatable bonds is 6. The fraction of sp³-hybridized carbons (Fsp3) is 0.500. The highest BCUT2D eigenvalue weighted by atomic mass is 35.5. The normalized spacial score (nSPS) is 12.3. The van der Waals surface area contributed by atoms with E-state index >= 15 is 0 Å². The number of thiophene rings is 1. The van der Waals surface area contributed by atoms with Crippen molar-refractivity contribution in [2.45, 2.75) is 32.2 Å². The van der Waals surface area contributed by atoms with Crippen LogP contribution in [-0.2, 0) is 0 Å². The Morgan fingerprint density at radius 1 is 1.53 bits per heavy atom. The molecule has 1 aromatic heterocycles. The maximum atomic E-state index is 5.88. The molecule has 0 aliphatic heterocycles. The van der Waals surface area contributed by atoms with Crippen LogP contribution in [0.2, 0.25) is 4.34 Å². The third-order valence-corrected chi connectivity index (χ3v) is 3.63. The van der Waals surface area contributed by atoms with E-state index in [2.05, 4.69) is 24.2 Å². The molecule has 1 unspecified atom stereocenters. The average Bonchev–Trinajstić information content (AvgIpc) is 2.64. The first-order valence-electron chi connectivity index (χ1n) is 5.16. The van der Waals surface area contributed by atoms with Gasteiger partial charge in [0.2, 0.25) is 0 Å². The second-order valence-electron chi connectivity index (χ2n) is 3.48. The van der Waals surface area contributed by atoms with Crippen LogP contribution in [0.15, 0.2) is 12.1 Å². The van der Waals surface area contributed by atoms with Crippen LogP contribution in [-0.4, -0.2) is 6.54 Å². The third kappa shape index (κ3) is 4.70. The molecular weight excluding hydrogens is 226 g/mol. The second-order valence-corrected chi connectivity index (χ2v) is 5.23. The molecule has 0 spiro atoms. The summed E-state index contributed by atoms with van der Waals surface area (Å²) in [5.74, 6) is 2.65. The maximum absolute atomic E-state index is 5.88. The second kappa shape index (κ2) is 6.90. The Morgan fingerprint density at radius 3 is 2.93 bits per heavy atom. The smallest absolute Gasteiger partial charge is 0.0931 e. The van der Waals surface area contributed by atoms with E-state index in [0.29, 0.717) is 6.04 Å². The van der Waals surface area contributed by atoms with Crippen molar-refractivity contribution >= 4 is 22.9 Å². The number of nitrogens with one attached hydrogen (secondary N) is 1. The first-order chi connectivity index (χ1) is 7.24. The van der Waals surface area contributed by atoms with Crippen LogP contribution in [0.3, 0.4) is 0 Å². The standard InChI is InChI=1S/C12H16ClNS/c1-3-4-5-6-9-14-10(2)11-7-8-12(13)15-11/h1,7-8,10,14H,4-6,9H2,2H3. The highest BCUT2D eigenvalue weighted by Gasteiger charge is 2.06. The Labute approximate surface area is 101 Å². The van der Waals surface area contributed by atoms with Crippen molar-refractivity contribution in [1.29, 1.82) is 0 Å². The first-order valence-corrected chi connectivity index (χ1v) is 6.35. The molecule has 0 aromatic carbocycles. The highest BCUT2D eigenvalue weighted by molar-refractivity contribution is 7.16. The van der Waals surface area contributed by atoms with Gasteiger partial charge < -0.3 is 5.32 Å². The molecule has 0 amide bonds. The number of unbranched alkanes of at least 4 members (excludes halogenated alkanes) is 2. The van der Waals surface area contributed by atoms with Crippen LogP contribution in [0.1, 0.15) is 37.1 Å². The minimum atomic E-state index is 0.383. The molecule has 1 rings (SSSR count). The van der Waals surface area contributed by atoms with Gasteiger partial charge in [-0.15, -0.1) is 23.7 Å². The summed E-state index contributed by atoms with van der Waals surface area (Å²) in [7, 11) is 0. The molecule has 1 N–H and O–H groups in total. The molecule has 0 aliphatic rings. The molecule has 0 fully saturated rings. The quantitative estimate of drug-likeness (QED) is 0.589. The zero-order chi connectivity index (χ0) is 11.1. The monoisotopic (exact) mass is 241 g/mol. The van der Waals surface area contributed by atoms with E-state index in [4.69, 9.17) is 18.0 Å². The lowest BCUT2D eigenvalue weighted by molar-refractivity contribution is 0.555. The molecule has 0 bridgehead atoms. The van der Waals surface area contributed by atoms with Crippen molar-refractivity contribution in [1.82, 2.24) is 5.32 Å². The van der Waals surface area contributed by atoms with Gasteiger partial charge in [-0.3, -0.25) is 0 Å². The summed E-state index contributed by atoms with van der Waals surface area (Å²) < 4.78 is 0.853. The first kappa shape index (κ1) is 12.6. The van der Waals surface area contributed by atoms with Gasteiger partial charge in [-0.1, -0.05) is 11.6 Å². The Bertz CT molecular complexity index is 327. The molecule has 0 radical (unpaired) electrons. The predicted molar refractivity (Wildman–Crippen MR) is 68.4 cm³/mol. The molecule has 1 atom stereocenters. The van der Waals surface area contributed by atoms with E-state index in [9.17, 15) is 0 Å². The number of terminal acetylenes is 1. The fourth-order valence-electron chi connectivity index (χ4n) is 1.33. The van der Waals surface area contributed by atoms with E-state index in [1.54, 1.807) is 11.3 Å². The molecule has 1 nitrogen and oxygen atoms in total. The van der Waals surface area contributed by atoms with E-state index < -0.39 is 0 Å². The summed E-state index contributed by atoms with van der Waals surface area (Å²) in [5, 5.41) is 3.45. The van der Waals surface area contributed by atoms with Gasteiger partial charge in [0, 0.05) is 17.3 Å². The predicted octanol–water partition coefficient (Wildman–Crippen LogP) is 3.86. The Balaban J connectivity index is 2.19. The molecule has 0 saturated carbocycles. The van der Waals surface area contributed by atoms with Crippen molar-refractivity contribution in [3.05, 3.63) is 21.3 Å². The summed E-state index contributed by atoms with van der Waals surface area (Å²) in [5.41, 5.74) is 0. The molecular formula is C12H16ClNS. The largest absolute Gasteiger partial charge is 0.309 e. The van der Waals surface area contributed by atoms with Gasteiger partial charge in [0.05, 0.1) is 4.34 Å². The summed E-state index contributed by atoms with van der Waals surface area (Å²) in [6, 6.07) is 4.40. The van der Waals surface area contributed by atoms with Crippen molar-refractivity contribution in [2.24, 2.45) is 0 Å². The van der Waals surface area contributed by atoms with Gasteiger partial charge in [0.15, 0.2) is 0 Å². The Hall–Kier alpha value is -0.490.